The number of nitrogens with zero attached hydrogens (tertiary/aromatic N) is 4. The van der Waals surface area contributed by atoms with Crippen molar-refractivity contribution in [3.63, 3.8) is 0 Å². The second-order valence-corrected chi connectivity index (χ2v) is 7.29. The molecule has 0 bridgehead atoms. The number of carbonyl (C=O) groups excluding carboxylic acids is 1. The molecule has 1 atom stereocenters. The highest BCUT2D eigenvalue weighted by Gasteiger charge is 2.20. The minimum atomic E-state index is -0.465. The van der Waals surface area contributed by atoms with Crippen LogP contribution in [0, 0.1) is 11.8 Å². The Morgan fingerprint density at radius 3 is 2.81 bits per heavy atom. The van der Waals surface area contributed by atoms with E-state index in [1.165, 1.54) is 0 Å². The number of carbonyl (C=O) groups is 1. The Hall–Kier alpha value is -1.75. The highest BCUT2D eigenvalue weighted by atomic mass is 32.2. The summed E-state index contributed by atoms with van der Waals surface area (Å²) in [5.41, 5.74) is 0. The molecule has 0 aromatic carbocycles. The smallest absolute Gasteiger partial charge is 0.234 e. The van der Waals surface area contributed by atoms with Gasteiger partial charge >= 0.3 is 0 Å². The molecule has 26 heavy (non-hydrogen) atoms. The van der Waals surface area contributed by atoms with Gasteiger partial charge in [0.1, 0.15) is 11.9 Å². The lowest BCUT2D eigenvalue weighted by Gasteiger charge is -2.35. The zero-order valence-corrected chi connectivity index (χ0v) is 16.2. The van der Waals surface area contributed by atoms with E-state index in [1.54, 1.807) is 11.9 Å². The van der Waals surface area contributed by atoms with Crippen LogP contribution < -0.4 is 4.90 Å². The normalized spacial score (nSPS) is 15.8. The fraction of sp³-hybridized carbons (Fsp3) is 0.579. The first-order valence-electron chi connectivity index (χ1n) is 9.19. The van der Waals surface area contributed by atoms with Crippen LogP contribution in [0.5, 0.6) is 0 Å². The molecule has 0 radical (unpaired) electrons. The van der Waals surface area contributed by atoms with Crippen molar-refractivity contribution in [2.24, 2.45) is 0 Å². The van der Waals surface area contributed by atoms with Gasteiger partial charge in [0.25, 0.3) is 0 Å². The van der Waals surface area contributed by atoms with Gasteiger partial charge in [0, 0.05) is 44.5 Å². The van der Waals surface area contributed by atoms with Crippen molar-refractivity contribution in [2.75, 3.05) is 36.8 Å². The highest BCUT2D eigenvalue weighted by molar-refractivity contribution is 7.97. The summed E-state index contributed by atoms with van der Waals surface area (Å²) in [5.74, 6) is 7.70. The van der Waals surface area contributed by atoms with E-state index in [-0.39, 0.29) is 0 Å². The molecule has 1 aliphatic rings. The molecule has 142 valence electrons. The van der Waals surface area contributed by atoms with E-state index in [9.17, 15) is 10.0 Å². The number of piperazine rings is 1. The third kappa shape index (κ3) is 6.87. The van der Waals surface area contributed by atoms with E-state index in [0.717, 1.165) is 57.7 Å². The molecule has 2 rings (SSSR count). The van der Waals surface area contributed by atoms with Gasteiger partial charge in [0.05, 0.1) is 0 Å². The van der Waals surface area contributed by atoms with Gasteiger partial charge in [0.15, 0.2) is 0 Å². The predicted molar refractivity (Wildman–Crippen MR) is 106 cm³/mol. The average molecular weight is 377 g/mol. The molecular weight excluding hydrogens is 348 g/mol. The second kappa shape index (κ2) is 11.8. The molecule has 1 aromatic rings. The number of hydrogen-bond acceptors (Lipinski definition) is 6. The van der Waals surface area contributed by atoms with Gasteiger partial charge in [-0.15, -0.1) is 5.92 Å². The number of unbranched alkanes of at least 4 members (excludes halogenated alkanes) is 3. The average Bonchev–Trinajstić information content (AvgIpc) is 2.70. The molecule has 2 heterocycles. The zero-order valence-electron chi connectivity index (χ0n) is 15.4. The van der Waals surface area contributed by atoms with Crippen LogP contribution >= 0.6 is 11.9 Å². The minimum absolute atomic E-state index is 0.435. The van der Waals surface area contributed by atoms with Crippen LogP contribution in [-0.4, -0.2) is 63.9 Å². The standard InChI is InChI=1S/C19H28N4O2S/c1-2-3-4-5-6-9-18(23(25)17-24)16-26-22-14-12-21(13-15-22)19-10-7-8-11-20-19/h7-8,10-11,17-18,25H,2-5,12-16H2,1H3. The molecule has 1 unspecified atom stereocenters. The first kappa shape index (κ1) is 20.6. The molecule has 1 saturated heterocycles. The molecule has 7 heteroatoms. The van der Waals surface area contributed by atoms with Gasteiger partial charge in [0.2, 0.25) is 6.41 Å². The largest absolute Gasteiger partial charge is 0.354 e. The van der Waals surface area contributed by atoms with Crippen LogP contribution in [0.3, 0.4) is 0 Å². The Balaban J connectivity index is 1.77. The SMILES string of the molecule is CCCCCC#CC(CSN1CCN(c2ccccn2)CC1)N(O)C=O. The van der Waals surface area contributed by atoms with Gasteiger partial charge in [-0.3, -0.25) is 10.0 Å². The summed E-state index contributed by atoms with van der Waals surface area (Å²) in [6.07, 6.45) is 6.44. The van der Waals surface area contributed by atoms with Crippen LogP contribution in [0.15, 0.2) is 24.4 Å². The molecule has 0 aliphatic carbocycles. The van der Waals surface area contributed by atoms with Crippen LogP contribution in [0.1, 0.15) is 32.6 Å². The predicted octanol–water partition coefficient (Wildman–Crippen LogP) is 2.65. The van der Waals surface area contributed by atoms with E-state index >= 15 is 0 Å². The first-order valence-corrected chi connectivity index (χ1v) is 10.1. The lowest BCUT2D eigenvalue weighted by atomic mass is 10.2. The molecule has 1 N–H and O–H groups in total. The quantitative estimate of drug-likeness (QED) is 0.179. The molecule has 1 fully saturated rings. The van der Waals surface area contributed by atoms with E-state index < -0.39 is 6.04 Å². The van der Waals surface area contributed by atoms with Crippen LogP contribution in [-0.2, 0) is 4.79 Å². The minimum Gasteiger partial charge on any atom is -0.354 e. The Morgan fingerprint density at radius 2 is 2.15 bits per heavy atom. The van der Waals surface area contributed by atoms with Crippen molar-refractivity contribution in [3.8, 4) is 11.8 Å². The maximum atomic E-state index is 10.9. The Kier molecular flexibility index (Phi) is 9.32. The third-order valence-electron chi connectivity index (χ3n) is 4.23. The lowest BCUT2D eigenvalue weighted by Crippen LogP contribution is -2.44. The molecule has 1 aromatic heterocycles. The van der Waals surface area contributed by atoms with E-state index in [2.05, 4.69) is 33.0 Å². The molecule has 0 saturated carbocycles. The maximum absolute atomic E-state index is 10.9. The van der Waals surface area contributed by atoms with Crippen molar-refractivity contribution in [2.45, 2.75) is 38.6 Å². The Bertz CT molecular complexity index is 582. The Labute approximate surface area is 160 Å². The summed E-state index contributed by atoms with van der Waals surface area (Å²) in [6, 6.07) is 5.49. The van der Waals surface area contributed by atoms with Crippen LogP contribution in [0.4, 0.5) is 5.82 Å². The molecule has 0 spiro atoms. The topological polar surface area (TPSA) is 59.9 Å². The van der Waals surface area contributed by atoms with Crippen molar-refractivity contribution in [3.05, 3.63) is 24.4 Å². The number of anilines is 1. The lowest BCUT2D eigenvalue weighted by molar-refractivity contribution is -0.153. The van der Waals surface area contributed by atoms with E-state index in [1.807, 2.05) is 24.4 Å². The molecule has 1 amide bonds. The van der Waals surface area contributed by atoms with Gasteiger partial charge < -0.3 is 4.90 Å². The molecule has 6 nitrogen and oxygen atoms in total. The maximum Gasteiger partial charge on any atom is 0.234 e. The van der Waals surface area contributed by atoms with Gasteiger partial charge in [-0.05, 0) is 18.6 Å². The van der Waals surface area contributed by atoms with E-state index in [0.29, 0.717) is 17.2 Å². The third-order valence-corrected chi connectivity index (χ3v) is 5.42. The number of hydrogen-bond donors (Lipinski definition) is 1. The number of aromatic nitrogens is 1. The van der Waals surface area contributed by atoms with Gasteiger partial charge in [-0.1, -0.05) is 43.7 Å². The van der Waals surface area contributed by atoms with Crippen molar-refractivity contribution < 1.29 is 10.0 Å². The number of hydroxylamine groups is 2. The summed E-state index contributed by atoms with van der Waals surface area (Å²) in [5, 5.41) is 10.4. The van der Waals surface area contributed by atoms with Crippen molar-refractivity contribution in [1.29, 1.82) is 0 Å². The Morgan fingerprint density at radius 1 is 1.35 bits per heavy atom. The number of amides is 1. The van der Waals surface area contributed by atoms with Crippen LogP contribution in [0.2, 0.25) is 0 Å². The molecule has 1 aliphatic heterocycles. The number of pyridine rings is 1. The van der Waals surface area contributed by atoms with Gasteiger partial charge in [-0.25, -0.2) is 14.4 Å². The summed E-state index contributed by atoms with van der Waals surface area (Å²) in [7, 11) is 0. The van der Waals surface area contributed by atoms with Crippen molar-refractivity contribution in [1.82, 2.24) is 14.4 Å². The fourth-order valence-electron chi connectivity index (χ4n) is 2.67. The van der Waals surface area contributed by atoms with E-state index in [4.69, 9.17) is 0 Å². The van der Waals surface area contributed by atoms with Crippen LogP contribution in [0.25, 0.3) is 0 Å². The summed E-state index contributed by atoms with van der Waals surface area (Å²) in [6.45, 7) is 5.79. The number of rotatable bonds is 9. The fourth-order valence-corrected chi connectivity index (χ4v) is 3.68. The second-order valence-electron chi connectivity index (χ2n) is 6.18. The zero-order chi connectivity index (χ0) is 18.6. The first-order chi connectivity index (χ1) is 12.7. The summed E-state index contributed by atoms with van der Waals surface area (Å²) >= 11 is 1.64. The summed E-state index contributed by atoms with van der Waals surface area (Å²) in [4.78, 5) is 17.6. The monoisotopic (exact) mass is 376 g/mol. The van der Waals surface area contributed by atoms with Gasteiger partial charge in [-0.2, -0.15) is 0 Å². The summed E-state index contributed by atoms with van der Waals surface area (Å²) < 4.78 is 2.27. The van der Waals surface area contributed by atoms with Crippen molar-refractivity contribution >= 4 is 24.2 Å². The molecular formula is C19H28N4O2S. The highest BCUT2D eigenvalue weighted by Crippen LogP contribution is 2.19.